The third-order valence-corrected chi connectivity index (χ3v) is 3.45. The van der Waals surface area contributed by atoms with Crippen LogP contribution in [0, 0.1) is 0 Å². The topological polar surface area (TPSA) is 82.5 Å². The van der Waals surface area contributed by atoms with Crippen LogP contribution in [0.4, 0.5) is 11.4 Å². The van der Waals surface area contributed by atoms with Crippen molar-refractivity contribution < 1.29 is 15.0 Å². The minimum atomic E-state index is -1.19. The van der Waals surface area contributed by atoms with Gasteiger partial charge in [-0.05, 0) is 42.5 Å². The molecule has 0 aliphatic heterocycles. The summed E-state index contributed by atoms with van der Waals surface area (Å²) < 4.78 is 0. The first-order chi connectivity index (χ1) is 10.5. The Morgan fingerprint density at radius 2 is 1.95 bits per heavy atom. The lowest BCUT2D eigenvalue weighted by atomic mass is 10.1. The van der Waals surface area contributed by atoms with Crippen LogP contribution in [0.3, 0.4) is 0 Å². The third kappa shape index (κ3) is 2.66. The van der Waals surface area contributed by atoms with Gasteiger partial charge in [0.2, 0.25) is 0 Å². The van der Waals surface area contributed by atoms with Gasteiger partial charge in [-0.25, -0.2) is 4.79 Å². The van der Waals surface area contributed by atoms with Gasteiger partial charge in [-0.3, -0.25) is 4.98 Å². The van der Waals surface area contributed by atoms with Gasteiger partial charge in [0.25, 0.3) is 0 Å². The zero-order valence-corrected chi connectivity index (χ0v) is 12.0. The largest absolute Gasteiger partial charge is 0.507 e. The van der Waals surface area contributed by atoms with E-state index in [9.17, 15) is 9.90 Å². The fraction of sp³-hybridized carbons (Fsp3) is 0. The Morgan fingerprint density at radius 1 is 1.14 bits per heavy atom. The highest BCUT2D eigenvalue weighted by atomic mass is 35.5. The lowest BCUT2D eigenvalue weighted by Crippen LogP contribution is -1.99. The zero-order chi connectivity index (χ0) is 15.7. The van der Waals surface area contributed by atoms with Crippen LogP contribution in [0.1, 0.15) is 10.4 Å². The highest BCUT2D eigenvalue weighted by Gasteiger charge is 2.11. The van der Waals surface area contributed by atoms with E-state index >= 15 is 0 Å². The lowest BCUT2D eigenvalue weighted by molar-refractivity contribution is 0.0694. The normalized spacial score (nSPS) is 10.6. The van der Waals surface area contributed by atoms with Gasteiger partial charge in [-0.2, -0.15) is 0 Å². The molecule has 0 radical (unpaired) electrons. The Hall–Kier alpha value is -2.79. The molecule has 0 spiro atoms. The Kier molecular flexibility index (Phi) is 3.56. The summed E-state index contributed by atoms with van der Waals surface area (Å²) in [6, 6.07) is 11.4. The first kappa shape index (κ1) is 14.2. The maximum atomic E-state index is 11.1. The van der Waals surface area contributed by atoms with Crippen molar-refractivity contribution in [2.75, 3.05) is 5.32 Å². The van der Waals surface area contributed by atoms with Crippen LogP contribution < -0.4 is 5.32 Å². The van der Waals surface area contributed by atoms with Crippen molar-refractivity contribution in [3.8, 4) is 5.75 Å². The smallest absolute Gasteiger partial charge is 0.339 e. The number of anilines is 2. The van der Waals surface area contributed by atoms with Crippen LogP contribution in [0.2, 0.25) is 5.02 Å². The summed E-state index contributed by atoms with van der Waals surface area (Å²) in [4.78, 5) is 15.3. The van der Waals surface area contributed by atoms with Crippen LogP contribution in [0.15, 0.2) is 48.7 Å². The number of hydrogen-bond donors (Lipinski definition) is 3. The zero-order valence-electron chi connectivity index (χ0n) is 11.2. The predicted octanol–water partition coefficient (Wildman–Crippen LogP) is 4.04. The Morgan fingerprint density at radius 3 is 2.73 bits per heavy atom. The average molecular weight is 315 g/mol. The summed E-state index contributed by atoms with van der Waals surface area (Å²) in [6.45, 7) is 0. The van der Waals surface area contributed by atoms with E-state index in [4.69, 9.17) is 16.7 Å². The summed E-state index contributed by atoms with van der Waals surface area (Å²) >= 11 is 5.95. The van der Waals surface area contributed by atoms with Crippen molar-refractivity contribution in [3.05, 3.63) is 59.2 Å². The first-order valence-electron chi connectivity index (χ1n) is 6.42. The van der Waals surface area contributed by atoms with Crippen LogP contribution in [0.25, 0.3) is 10.9 Å². The van der Waals surface area contributed by atoms with E-state index in [1.165, 1.54) is 12.1 Å². The number of carboxylic acids is 1. The Labute approximate surface area is 130 Å². The molecule has 0 unspecified atom stereocenters. The molecule has 3 rings (SSSR count). The standard InChI is InChI=1S/C16H11ClN2O3/c17-9-1-3-11-13(5-6-18-14(11)7-9)19-10-2-4-15(20)12(8-10)16(21)22/h1-8,20H,(H,18,19)(H,21,22). The molecule has 0 saturated heterocycles. The highest BCUT2D eigenvalue weighted by Crippen LogP contribution is 2.29. The van der Waals surface area contributed by atoms with Crippen molar-refractivity contribution in [1.82, 2.24) is 4.98 Å². The van der Waals surface area contributed by atoms with Gasteiger partial charge in [0, 0.05) is 28.0 Å². The molecule has 110 valence electrons. The van der Waals surface area contributed by atoms with Crippen LogP contribution in [-0.2, 0) is 0 Å². The second-order valence-corrected chi connectivity index (χ2v) is 5.12. The number of rotatable bonds is 3. The molecule has 1 aromatic heterocycles. The summed E-state index contributed by atoms with van der Waals surface area (Å²) in [6.07, 6.45) is 1.64. The third-order valence-electron chi connectivity index (χ3n) is 3.21. The molecule has 3 N–H and O–H groups in total. The molecule has 6 heteroatoms. The second kappa shape index (κ2) is 5.54. The number of nitrogens with zero attached hydrogens (tertiary/aromatic N) is 1. The lowest BCUT2D eigenvalue weighted by Gasteiger charge is -2.11. The van der Waals surface area contributed by atoms with E-state index in [2.05, 4.69) is 10.3 Å². The van der Waals surface area contributed by atoms with E-state index in [1.807, 2.05) is 6.07 Å². The molecule has 1 heterocycles. The molecule has 0 fully saturated rings. The number of aromatic nitrogens is 1. The number of benzene rings is 2. The van der Waals surface area contributed by atoms with Gasteiger partial charge in [0.15, 0.2) is 0 Å². The maximum absolute atomic E-state index is 11.1. The summed E-state index contributed by atoms with van der Waals surface area (Å²) in [5.41, 5.74) is 1.89. The number of nitrogens with one attached hydrogen (secondary N) is 1. The quantitative estimate of drug-likeness (QED) is 0.636. The van der Waals surface area contributed by atoms with E-state index in [1.54, 1.807) is 30.5 Å². The minimum absolute atomic E-state index is 0.161. The molecule has 0 saturated carbocycles. The monoisotopic (exact) mass is 314 g/mol. The molecule has 3 aromatic rings. The van der Waals surface area contributed by atoms with E-state index in [-0.39, 0.29) is 11.3 Å². The van der Waals surface area contributed by atoms with Gasteiger partial charge < -0.3 is 15.5 Å². The molecule has 0 atom stereocenters. The van der Waals surface area contributed by atoms with Crippen molar-refractivity contribution in [2.45, 2.75) is 0 Å². The number of hydrogen-bond acceptors (Lipinski definition) is 4. The fourth-order valence-corrected chi connectivity index (χ4v) is 2.34. The summed E-state index contributed by atoms with van der Waals surface area (Å²) in [7, 11) is 0. The van der Waals surface area contributed by atoms with E-state index < -0.39 is 5.97 Å². The van der Waals surface area contributed by atoms with Gasteiger partial charge in [-0.15, -0.1) is 0 Å². The molecule has 0 bridgehead atoms. The van der Waals surface area contributed by atoms with Gasteiger partial charge >= 0.3 is 5.97 Å². The minimum Gasteiger partial charge on any atom is -0.507 e. The molecular weight excluding hydrogens is 304 g/mol. The number of carbonyl (C=O) groups is 1. The maximum Gasteiger partial charge on any atom is 0.339 e. The molecule has 0 aliphatic rings. The van der Waals surface area contributed by atoms with Gasteiger partial charge in [0.1, 0.15) is 11.3 Å². The van der Waals surface area contributed by atoms with Gasteiger partial charge in [-0.1, -0.05) is 11.6 Å². The molecule has 0 aliphatic carbocycles. The fourth-order valence-electron chi connectivity index (χ4n) is 2.17. The predicted molar refractivity (Wildman–Crippen MR) is 85.1 cm³/mol. The van der Waals surface area contributed by atoms with Crippen LogP contribution in [0.5, 0.6) is 5.75 Å². The van der Waals surface area contributed by atoms with Gasteiger partial charge in [0.05, 0.1) is 5.52 Å². The molecular formula is C16H11ClN2O3. The number of carboxylic acid groups (broad SMARTS) is 1. The van der Waals surface area contributed by atoms with Crippen LogP contribution in [-0.4, -0.2) is 21.2 Å². The SMILES string of the molecule is O=C(O)c1cc(Nc2ccnc3cc(Cl)ccc23)ccc1O. The number of pyridine rings is 1. The number of fused-ring (bicyclic) bond motifs is 1. The Bertz CT molecular complexity index is 880. The van der Waals surface area contributed by atoms with E-state index in [0.29, 0.717) is 10.7 Å². The van der Waals surface area contributed by atoms with Crippen molar-refractivity contribution in [3.63, 3.8) is 0 Å². The van der Waals surface area contributed by atoms with E-state index in [0.717, 1.165) is 16.6 Å². The molecule has 5 nitrogen and oxygen atoms in total. The summed E-state index contributed by atoms with van der Waals surface area (Å²) in [5.74, 6) is -1.46. The van der Waals surface area contributed by atoms with Crippen molar-refractivity contribution >= 4 is 39.8 Å². The second-order valence-electron chi connectivity index (χ2n) is 4.68. The molecule has 22 heavy (non-hydrogen) atoms. The molecule has 0 amide bonds. The Balaban J connectivity index is 2.03. The number of halogens is 1. The van der Waals surface area contributed by atoms with Crippen molar-refractivity contribution in [2.24, 2.45) is 0 Å². The van der Waals surface area contributed by atoms with Crippen LogP contribution >= 0.6 is 11.6 Å². The molecule has 2 aromatic carbocycles. The number of aromatic hydroxyl groups is 1. The first-order valence-corrected chi connectivity index (χ1v) is 6.80. The highest BCUT2D eigenvalue weighted by molar-refractivity contribution is 6.31. The number of phenols is 1. The average Bonchev–Trinajstić information content (AvgIpc) is 2.49. The summed E-state index contributed by atoms with van der Waals surface area (Å²) in [5, 5.41) is 23.2. The van der Waals surface area contributed by atoms with Crippen molar-refractivity contribution in [1.29, 1.82) is 0 Å². The number of aromatic carboxylic acids is 1.